The zero-order valence-corrected chi connectivity index (χ0v) is 19.6. The number of aryl methyl sites for hydroxylation is 1. The topological polar surface area (TPSA) is 112 Å². The van der Waals surface area contributed by atoms with Crippen LogP contribution in [0.25, 0.3) is 0 Å². The average Bonchev–Trinajstić information content (AvgIpc) is 3.37. The summed E-state index contributed by atoms with van der Waals surface area (Å²) in [7, 11) is 2.49. The number of methoxy groups -OCH3 is 2. The van der Waals surface area contributed by atoms with Gasteiger partial charge >= 0.3 is 11.9 Å². The zero-order valence-electron chi connectivity index (χ0n) is 19.6. The van der Waals surface area contributed by atoms with Crippen LogP contribution in [0, 0.1) is 19.3 Å². The van der Waals surface area contributed by atoms with Crippen molar-refractivity contribution in [2.75, 3.05) is 27.4 Å². The van der Waals surface area contributed by atoms with Crippen LogP contribution in [0.2, 0.25) is 0 Å². The van der Waals surface area contributed by atoms with Crippen molar-refractivity contribution in [1.82, 2.24) is 9.88 Å². The van der Waals surface area contributed by atoms with Gasteiger partial charge in [-0.05, 0) is 43.5 Å². The number of imide groups is 1. The molecule has 34 heavy (non-hydrogen) atoms. The van der Waals surface area contributed by atoms with Gasteiger partial charge in [-0.2, -0.15) is 0 Å². The van der Waals surface area contributed by atoms with Gasteiger partial charge in [-0.3, -0.25) is 24.1 Å². The number of pyridine rings is 1. The maximum Gasteiger partial charge on any atom is 0.323 e. The van der Waals surface area contributed by atoms with E-state index >= 15 is 0 Å². The molecule has 0 spiro atoms. The van der Waals surface area contributed by atoms with Crippen LogP contribution in [0.15, 0.2) is 24.3 Å². The first-order chi connectivity index (χ1) is 16.2. The minimum absolute atomic E-state index is 0.141. The lowest BCUT2D eigenvalue weighted by molar-refractivity contribution is -0.168. The molecule has 4 rings (SSSR count). The van der Waals surface area contributed by atoms with Crippen LogP contribution >= 0.6 is 0 Å². The van der Waals surface area contributed by atoms with Crippen molar-refractivity contribution in [1.29, 1.82) is 0 Å². The number of benzene rings is 1. The van der Waals surface area contributed by atoms with E-state index in [4.69, 9.17) is 14.2 Å². The number of esters is 2. The number of carbonyl (C=O) groups excluding carboxylic acids is 4. The van der Waals surface area contributed by atoms with Crippen molar-refractivity contribution >= 4 is 23.8 Å². The van der Waals surface area contributed by atoms with E-state index in [0.717, 1.165) is 16.7 Å². The lowest BCUT2D eigenvalue weighted by Crippen LogP contribution is -2.42. The average molecular weight is 466 g/mol. The highest BCUT2D eigenvalue weighted by molar-refractivity contribution is 6.21. The van der Waals surface area contributed by atoms with Gasteiger partial charge in [-0.25, -0.2) is 4.98 Å². The molecule has 0 N–H and O–H groups in total. The highest BCUT2D eigenvalue weighted by atomic mass is 16.5. The Labute approximate surface area is 197 Å². The third-order valence-corrected chi connectivity index (χ3v) is 6.60. The molecule has 1 aromatic heterocycles. The number of hydrogen-bond acceptors (Lipinski definition) is 8. The predicted octanol–water partition coefficient (Wildman–Crippen LogP) is 2.19. The molecule has 1 aliphatic carbocycles. The van der Waals surface area contributed by atoms with Crippen LogP contribution in [-0.4, -0.2) is 61.0 Å². The predicted molar refractivity (Wildman–Crippen MR) is 120 cm³/mol. The molecule has 0 saturated heterocycles. The summed E-state index contributed by atoms with van der Waals surface area (Å²) in [4.78, 5) is 55.9. The summed E-state index contributed by atoms with van der Waals surface area (Å²) in [5.41, 5.74) is 2.42. The summed E-state index contributed by atoms with van der Waals surface area (Å²) in [6, 6.07) is 6.76. The number of rotatable bonds is 7. The molecule has 0 saturated carbocycles. The zero-order chi connectivity index (χ0) is 24.6. The number of carbonyl (C=O) groups is 4. The molecule has 2 aliphatic rings. The first-order valence-electron chi connectivity index (χ1n) is 11.0. The molecule has 1 aromatic carbocycles. The van der Waals surface area contributed by atoms with E-state index in [0.29, 0.717) is 29.1 Å². The highest BCUT2D eigenvalue weighted by Gasteiger charge is 2.53. The van der Waals surface area contributed by atoms with E-state index < -0.39 is 17.4 Å². The molecule has 0 bridgehead atoms. The van der Waals surface area contributed by atoms with Crippen LogP contribution < -0.4 is 4.74 Å². The fourth-order valence-electron chi connectivity index (χ4n) is 4.75. The molecule has 0 atom stereocenters. The third kappa shape index (κ3) is 3.61. The fraction of sp³-hybridized carbons (Fsp3) is 0.400. The Bertz CT molecular complexity index is 1150. The van der Waals surface area contributed by atoms with Gasteiger partial charge in [0.05, 0.1) is 32.0 Å². The van der Waals surface area contributed by atoms with Gasteiger partial charge < -0.3 is 14.2 Å². The smallest absolute Gasteiger partial charge is 0.323 e. The quantitative estimate of drug-likeness (QED) is 0.264. The molecule has 0 fully saturated rings. The highest BCUT2D eigenvalue weighted by Crippen LogP contribution is 2.43. The second-order valence-corrected chi connectivity index (χ2v) is 8.51. The number of amides is 2. The second kappa shape index (κ2) is 8.89. The Balaban J connectivity index is 1.45. The minimum atomic E-state index is -1.44. The van der Waals surface area contributed by atoms with Crippen LogP contribution in [0.3, 0.4) is 0 Å². The van der Waals surface area contributed by atoms with Crippen LogP contribution in [0.1, 0.15) is 49.5 Å². The van der Waals surface area contributed by atoms with E-state index in [-0.39, 0.29) is 37.8 Å². The van der Waals surface area contributed by atoms with E-state index in [1.165, 1.54) is 19.1 Å². The lowest BCUT2D eigenvalue weighted by atomic mass is 9.84. The van der Waals surface area contributed by atoms with E-state index in [1.807, 2.05) is 6.92 Å². The van der Waals surface area contributed by atoms with Gasteiger partial charge in [-0.1, -0.05) is 12.1 Å². The summed E-state index contributed by atoms with van der Waals surface area (Å²) < 4.78 is 15.7. The molecule has 178 valence electrons. The molecule has 9 nitrogen and oxygen atoms in total. The largest absolute Gasteiger partial charge is 0.477 e. The normalized spacial score (nSPS) is 15.7. The molecule has 2 heterocycles. The van der Waals surface area contributed by atoms with Crippen molar-refractivity contribution in [2.24, 2.45) is 5.41 Å². The molecule has 9 heteroatoms. The van der Waals surface area contributed by atoms with Crippen LogP contribution in [0.5, 0.6) is 5.88 Å². The summed E-state index contributed by atoms with van der Waals surface area (Å²) in [5.74, 6) is -1.49. The number of nitrogens with zero attached hydrogens (tertiary/aromatic N) is 2. The van der Waals surface area contributed by atoms with Gasteiger partial charge in [0.2, 0.25) is 5.88 Å². The maximum absolute atomic E-state index is 12.5. The summed E-state index contributed by atoms with van der Waals surface area (Å²) >= 11 is 0. The SMILES string of the molecule is COC(=O)C1(C(=O)OC)Cc2c(C)nc(OCCCN3C(=O)c4ccccc4C3=O)c(C)c2C1. The minimum Gasteiger partial charge on any atom is -0.477 e. The van der Waals surface area contributed by atoms with Gasteiger partial charge in [0.1, 0.15) is 0 Å². The molecule has 2 aromatic rings. The Hall–Kier alpha value is -3.75. The van der Waals surface area contributed by atoms with E-state index in [9.17, 15) is 19.2 Å². The van der Waals surface area contributed by atoms with Crippen molar-refractivity contribution in [3.8, 4) is 5.88 Å². The summed E-state index contributed by atoms with van der Waals surface area (Å²) in [6.07, 6.45) is 0.723. The fourth-order valence-corrected chi connectivity index (χ4v) is 4.75. The Morgan fingerprint density at radius 1 is 0.971 bits per heavy atom. The van der Waals surface area contributed by atoms with Crippen molar-refractivity contribution in [3.05, 3.63) is 57.8 Å². The standard InChI is InChI=1S/C25H26N2O7/c1-14-18-12-25(23(30)32-3,24(31)33-4)13-19(18)15(2)26-20(14)34-11-7-10-27-21(28)16-8-5-6-9-17(16)22(27)29/h5-6,8-9H,7,10-13H2,1-4H3. The first-order valence-corrected chi connectivity index (χ1v) is 11.0. The third-order valence-electron chi connectivity index (χ3n) is 6.60. The van der Waals surface area contributed by atoms with Gasteiger partial charge in [0, 0.05) is 30.6 Å². The second-order valence-electron chi connectivity index (χ2n) is 8.51. The van der Waals surface area contributed by atoms with E-state index in [2.05, 4.69) is 4.98 Å². The van der Waals surface area contributed by atoms with Crippen LogP contribution in [-0.2, 0) is 31.9 Å². The van der Waals surface area contributed by atoms with E-state index in [1.54, 1.807) is 31.2 Å². The van der Waals surface area contributed by atoms with Gasteiger partial charge in [0.15, 0.2) is 5.41 Å². The lowest BCUT2D eigenvalue weighted by Gasteiger charge is -2.22. The van der Waals surface area contributed by atoms with Crippen molar-refractivity contribution in [2.45, 2.75) is 33.1 Å². The Morgan fingerprint density at radius 2 is 1.53 bits per heavy atom. The first kappa shape index (κ1) is 23.4. The summed E-state index contributed by atoms with van der Waals surface area (Å²) in [6.45, 7) is 4.09. The Morgan fingerprint density at radius 3 is 2.09 bits per heavy atom. The van der Waals surface area contributed by atoms with Gasteiger partial charge in [0.25, 0.3) is 11.8 Å². The molecule has 0 unspecified atom stereocenters. The number of fused-ring (bicyclic) bond motifs is 2. The number of ether oxygens (including phenoxy) is 3. The van der Waals surface area contributed by atoms with Crippen LogP contribution in [0.4, 0.5) is 0 Å². The van der Waals surface area contributed by atoms with Gasteiger partial charge in [-0.15, -0.1) is 0 Å². The number of hydrogen-bond donors (Lipinski definition) is 0. The van der Waals surface area contributed by atoms with Crippen molar-refractivity contribution in [3.63, 3.8) is 0 Å². The number of aromatic nitrogens is 1. The molecular formula is C25H26N2O7. The molecule has 0 radical (unpaired) electrons. The monoisotopic (exact) mass is 466 g/mol. The molecule has 1 aliphatic heterocycles. The maximum atomic E-state index is 12.5. The molecule has 2 amide bonds. The Kier molecular flexibility index (Phi) is 6.12. The molecular weight excluding hydrogens is 440 g/mol. The van der Waals surface area contributed by atoms with Crippen molar-refractivity contribution < 1.29 is 33.4 Å². The summed E-state index contributed by atoms with van der Waals surface area (Å²) in [5, 5.41) is 0.